The van der Waals surface area contributed by atoms with Gasteiger partial charge in [0, 0.05) is 33.3 Å². The maximum atomic E-state index is 15.6. The second kappa shape index (κ2) is 14.6. The van der Waals surface area contributed by atoms with Gasteiger partial charge in [0.25, 0.3) is 0 Å². The number of carbonyl (C=O) groups is 1. The molecule has 268 valence electrons. The van der Waals surface area contributed by atoms with Crippen LogP contribution < -0.4 is 5.73 Å². The van der Waals surface area contributed by atoms with E-state index in [1.807, 2.05) is 15.0 Å². The summed E-state index contributed by atoms with van der Waals surface area (Å²) >= 11 is 0. The smallest absolute Gasteiger partial charge is 0.369 e. The van der Waals surface area contributed by atoms with Gasteiger partial charge in [-0.05, 0) is 98.1 Å². The molecule has 4 heterocycles. The largest absolute Gasteiger partial charge is 0.439 e. The number of aryl methyl sites for hydroxylation is 1. The van der Waals surface area contributed by atoms with Gasteiger partial charge in [-0.2, -0.15) is 5.10 Å². The van der Waals surface area contributed by atoms with E-state index in [2.05, 4.69) is 100 Å². The zero-order chi connectivity index (χ0) is 35.9. The third-order valence-corrected chi connectivity index (χ3v) is 15.2. The van der Waals surface area contributed by atoms with E-state index in [9.17, 15) is 4.79 Å². The van der Waals surface area contributed by atoms with Gasteiger partial charge in [0.15, 0.2) is 5.65 Å². The molecule has 5 rings (SSSR count). The van der Waals surface area contributed by atoms with Crippen LogP contribution >= 0.6 is 7.75 Å². The lowest BCUT2D eigenvalue weighted by Gasteiger charge is -2.31. The Morgan fingerprint density at radius 1 is 1.00 bits per heavy atom. The number of fused-ring (bicyclic) bond motifs is 2. The van der Waals surface area contributed by atoms with Gasteiger partial charge >= 0.3 is 7.75 Å². The predicted octanol–water partition coefficient (Wildman–Crippen LogP) is 8.42. The minimum Gasteiger partial charge on any atom is -0.369 e. The third-order valence-electron chi connectivity index (χ3n) is 9.86. The molecule has 1 saturated heterocycles. The van der Waals surface area contributed by atoms with Gasteiger partial charge in [0.05, 0.1) is 31.0 Å². The van der Waals surface area contributed by atoms with Crippen molar-refractivity contribution in [2.24, 2.45) is 5.73 Å². The van der Waals surface area contributed by atoms with E-state index in [4.69, 9.17) is 14.8 Å². The summed E-state index contributed by atoms with van der Waals surface area (Å²) in [5.74, 6) is 0.173. The Labute approximate surface area is 294 Å². The summed E-state index contributed by atoms with van der Waals surface area (Å²) in [5.41, 5.74) is 13.4. The number of likely N-dealkylation sites (tertiary alicyclic amines) is 1. The Bertz CT molecular complexity index is 1840. The summed E-state index contributed by atoms with van der Waals surface area (Å²) in [7, 11) is -6.89. The fourth-order valence-electron chi connectivity index (χ4n) is 6.84. The van der Waals surface area contributed by atoms with Crippen LogP contribution in [0.4, 0.5) is 0 Å². The van der Waals surface area contributed by atoms with Crippen molar-refractivity contribution in [2.45, 2.75) is 104 Å². The number of hydrogen-bond acceptors (Lipinski definition) is 7. The van der Waals surface area contributed by atoms with Crippen molar-refractivity contribution in [3.05, 3.63) is 53.0 Å². The number of benzene rings is 1. The monoisotopic (exact) mass is 724 g/mol. The van der Waals surface area contributed by atoms with Gasteiger partial charge in [0.1, 0.15) is 6.33 Å². The average molecular weight is 725 g/mol. The summed E-state index contributed by atoms with van der Waals surface area (Å²) in [4.78, 5) is 18.2. The minimum absolute atomic E-state index is 0.106. The number of carbonyl (C=O) groups excluding carboxylic acids is 1. The fraction of sp³-hybridized carbons (Fsp3) is 0.583. The molecule has 4 aromatic rings. The number of amides is 1. The van der Waals surface area contributed by atoms with Crippen LogP contribution in [0.25, 0.3) is 27.8 Å². The molecule has 13 heteroatoms. The van der Waals surface area contributed by atoms with Gasteiger partial charge in [-0.1, -0.05) is 59.2 Å². The normalized spacial score (nSPS) is 15.7. The summed E-state index contributed by atoms with van der Waals surface area (Å²) in [5, 5.41) is 5.59. The number of nitrogens with zero attached hydrogens (tertiary/aromatic N) is 5. The molecule has 1 aromatic carbocycles. The Hall–Kier alpha value is -2.61. The molecule has 0 atom stereocenters. The highest BCUT2D eigenvalue weighted by Crippen LogP contribution is 2.58. The number of aromatic nitrogens is 4. The molecule has 0 aliphatic carbocycles. The van der Waals surface area contributed by atoms with Crippen molar-refractivity contribution in [1.82, 2.24) is 23.8 Å². The van der Waals surface area contributed by atoms with Crippen LogP contribution in [0.5, 0.6) is 0 Å². The number of hydrogen-bond donors (Lipinski definition) is 1. The number of nitrogens with two attached hydrogens (primary N) is 1. The third kappa shape index (κ3) is 8.48. The summed E-state index contributed by atoms with van der Waals surface area (Å²) < 4.78 is 32.5. The first-order valence-corrected chi connectivity index (χ1v) is 26.7. The van der Waals surface area contributed by atoms with E-state index < -0.39 is 23.9 Å². The highest BCUT2D eigenvalue weighted by Gasteiger charge is 2.37. The van der Waals surface area contributed by atoms with E-state index in [0.717, 1.165) is 82.5 Å². The molecule has 0 spiro atoms. The second-order valence-corrected chi connectivity index (χ2v) is 29.7. The van der Waals surface area contributed by atoms with Gasteiger partial charge in [-0.15, -0.1) is 0 Å². The highest BCUT2D eigenvalue weighted by atomic mass is 31.2. The number of primary amides is 1. The Balaban J connectivity index is 1.74. The lowest BCUT2D eigenvalue weighted by atomic mass is 9.87. The first kappa shape index (κ1) is 37.6. The molecule has 49 heavy (non-hydrogen) atoms. The molecular weight excluding hydrogens is 668 g/mol. The summed E-state index contributed by atoms with van der Waals surface area (Å²) in [6.07, 6.45) is 5.49. The van der Waals surface area contributed by atoms with E-state index in [1.54, 1.807) is 6.33 Å². The lowest BCUT2D eigenvalue weighted by Crippen LogP contribution is -2.39. The van der Waals surface area contributed by atoms with Gasteiger partial charge in [-0.3, -0.25) is 18.7 Å². The molecule has 0 saturated carbocycles. The van der Waals surface area contributed by atoms with Crippen molar-refractivity contribution in [2.75, 3.05) is 32.8 Å². The average Bonchev–Trinajstić information content (AvgIpc) is 3.60. The number of rotatable bonds is 14. The molecule has 1 amide bonds. The van der Waals surface area contributed by atoms with Crippen LogP contribution in [0, 0.1) is 13.8 Å². The Morgan fingerprint density at radius 3 is 2.16 bits per heavy atom. The molecule has 1 aliphatic heterocycles. The topological polar surface area (TPSA) is 117 Å². The first-order valence-electron chi connectivity index (χ1n) is 17.8. The first-order chi connectivity index (χ1) is 22.9. The van der Waals surface area contributed by atoms with Crippen molar-refractivity contribution < 1.29 is 18.4 Å². The molecular formula is C36H57N6O4PSi2. The van der Waals surface area contributed by atoms with Crippen LogP contribution in [0.15, 0.2) is 30.7 Å². The van der Waals surface area contributed by atoms with Crippen molar-refractivity contribution in [3.8, 4) is 11.3 Å². The summed E-state index contributed by atoms with van der Waals surface area (Å²) in [6, 6.07) is 8.38. The maximum Gasteiger partial charge on any atom is 0.439 e. The Morgan fingerprint density at radius 2 is 1.61 bits per heavy atom. The van der Waals surface area contributed by atoms with Crippen LogP contribution in [0.2, 0.25) is 51.4 Å². The van der Waals surface area contributed by atoms with Gasteiger partial charge < -0.3 is 5.73 Å². The van der Waals surface area contributed by atoms with Crippen LogP contribution in [-0.2, 0) is 18.4 Å². The van der Waals surface area contributed by atoms with Crippen molar-refractivity contribution in [3.63, 3.8) is 0 Å². The van der Waals surface area contributed by atoms with Gasteiger partial charge in [0.2, 0.25) is 5.91 Å². The van der Waals surface area contributed by atoms with Crippen molar-refractivity contribution >= 4 is 46.4 Å². The molecule has 10 nitrogen and oxygen atoms in total. The Kier molecular flexibility index (Phi) is 11.2. The van der Waals surface area contributed by atoms with Crippen LogP contribution in [0.3, 0.4) is 0 Å². The molecule has 3 aromatic heterocycles. The maximum absolute atomic E-state index is 15.6. The molecule has 1 fully saturated rings. The molecule has 0 radical (unpaired) electrons. The minimum atomic E-state index is -3.90. The molecule has 0 unspecified atom stereocenters. The van der Waals surface area contributed by atoms with E-state index >= 15 is 4.57 Å². The summed E-state index contributed by atoms with van der Waals surface area (Å²) in [6.45, 7) is 25.1. The SMILES string of the molecule is Cc1c(-c2c(C(C)C)c3cc(C4CCN(CC(N)=O)CC4)ccc3n2P(=O)(OCC[Si](C)(C)C)OCC[Si](C)(C)C)cn2ncnc2c1C. The molecule has 2 N–H and O–H groups in total. The number of pyridine rings is 1. The highest BCUT2D eigenvalue weighted by molar-refractivity contribution is 7.52. The van der Waals surface area contributed by atoms with E-state index in [0.29, 0.717) is 25.7 Å². The number of piperidine rings is 1. The van der Waals surface area contributed by atoms with E-state index in [1.165, 1.54) is 5.56 Å². The molecule has 1 aliphatic rings. The van der Waals surface area contributed by atoms with Gasteiger partial charge in [-0.25, -0.2) is 18.4 Å². The zero-order valence-electron chi connectivity index (χ0n) is 31.3. The van der Waals surface area contributed by atoms with E-state index in [-0.39, 0.29) is 11.8 Å². The zero-order valence-corrected chi connectivity index (χ0v) is 34.2. The molecule has 0 bridgehead atoms. The van der Waals surface area contributed by atoms with Crippen LogP contribution in [0.1, 0.15) is 60.8 Å². The quantitative estimate of drug-likeness (QED) is 0.103. The van der Waals surface area contributed by atoms with Crippen molar-refractivity contribution in [1.29, 1.82) is 0 Å². The van der Waals surface area contributed by atoms with Crippen LogP contribution in [-0.4, -0.2) is 78.7 Å². The fourth-order valence-corrected chi connectivity index (χ4v) is 10.5. The lowest BCUT2D eigenvalue weighted by molar-refractivity contribution is -0.119. The second-order valence-electron chi connectivity index (χ2n) is 16.6. The standard InChI is InChI=1S/C36H57N6O4PSi2/c1-25(2)34-30-21-29(28-13-15-40(16-14-28)23-33(37)43)11-12-32(30)42(35(34)31-22-41-36(38-24-39-41)27(4)26(31)3)47(44,45-17-19-48(5,6)7)46-18-20-49(8,9)10/h11-12,21-22,24-25,28H,13-20,23H2,1-10H3,(H2,37,43). The predicted molar refractivity (Wildman–Crippen MR) is 206 cm³/mol.